The molecule has 4 nitrogen and oxygen atoms in total. The first-order chi connectivity index (χ1) is 7.86. The van der Waals surface area contributed by atoms with E-state index in [0.717, 1.165) is 37.1 Å². The molecule has 100 valence electrons. The van der Waals surface area contributed by atoms with Crippen molar-refractivity contribution in [2.45, 2.75) is 64.2 Å². The Hall–Kier alpha value is -0.770. The summed E-state index contributed by atoms with van der Waals surface area (Å²) in [4.78, 5) is 0. The lowest BCUT2D eigenvalue weighted by atomic mass is 9.99. The predicted molar refractivity (Wildman–Crippen MR) is 71.9 cm³/mol. The van der Waals surface area contributed by atoms with E-state index in [1.54, 1.807) is 0 Å². The molecule has 2 rings (SSSR count). The van der Waals surface area contributed by atoms with Gasteiger partial charge in [-0.1, -0.05) is 23.2 Å². The van der Waals surface area contributed by atoms with Crippen LogP contribution in [0.15, 0.2) is 10.3 Å². The molecule has 2 N–H and O–H groups in total. The Balaban J connectivity index is 0.000000284. The van der Waals surface area contributed by atoms with Crippen LogP contribution in [-0.2, 0) is 0 Å². The molecule has 0 heterocycles. The van der Waals surface area contributed by atoms with E-state index in [0.29, 0.717) is 0 Å². The van der Waals surface area contributed by atoms with Crippen LogP contribution in [0.2, 0.25) is 0 Å². The summed E-state index contributed by atoms with van der Waals surface area (Å²) in [6.07, 6.45) is 11.5. The first-order valence-corrected chi connectivity index (χ1v) is 6.26. The third-order valence-corrected chi connectivity index (χ3v) is 3.14. The Morgan fingerprint density at radius 2 is 0.882 bits per heavy atom. The van der Waals surface area contributed by atoms with Crippen molar-refractivity contribution >= 4 is 23.8 Å². The second-order valence-corrected chi connectivity index (χ2v) is 4.45. The highest BCUT2D eigenvalue weighted by molar-refractivity contribution is 5.85. The number of nitrogens with zero attached hydrogens (tertiary/aromatic N) is 2. The highest BCUT2D eigenvalue weighted by Crippen LogP contribution is 2.14. The first-order valence-electron chi connectivity index (χ1n) is 6.26. The molecule has 2 saturated carbocycles. The minimum Gasteiger partial charge on any atom is -0.411 e. The molecule has 0 bridgehead atoms. The molecule has 0 amide bonds. The lowest BCUT2D eigenvalue weighted by molar-refractivity contribution is 0.314. The molecule has 0 spiro atoms. The highest BCUT2D eigenvalue weighted by Gasteiger charge is 2.06. The molecule has 0 saturated heterocycles. The predicted octanol–water partition coefficient (Wildman–Crippen LogP) is 3.98. The first kappa shape index (κ1) is 16.2. The standard InChI is InChI=1S/2C6H11NO.ClH/c2*8-7-6-4-2-1-3-5-6;/h2*8H,1-5H2;1H. The Kier molecular flexibility index (Phi) is 9.92. The monoisotopic (exact) mass is 262 g/mol. The number of rotatable bonds is 0. The van der Waals surface area contributed by atoms with E-state index in [1.165, 1.54) is 38.5 Å². The zero-order valence-electron chi connectivity index (χ0n) is 10.3. The van der Waals surface area contributed by atoms with Crippen LogP contribution in [0.3, 0.4) is 0 Å². The molecule has 0 unspecified atom stereocenters. The summed E-state index contributed by atoms with van der Waals surface area (Å²) in [5, 5.41) is 22.9. The SMILES string of the molecule is Cl.ON=C1CCCCC1.ON=C1CCCCC1. The van der Waals surface area contributed by atoms with E-state index in [4.69, 9.17) is 10.4 Å². The zero-order chi connectivity index (χ0) is 11.6. The van der Waals surface area contributed by atoms with Crippen molar-refractivity contribution in [3.8, 4) is 0 Å². The second-order valence-electron chi connectivity index (χ2n) is 4.45. The van der Waals surface area contributed by atoms with Crippen molar-refractivity contribution < 1.29 is 10.4 Å². The van der Waals surface area contributed by atoms with Gasteiger partial charge in [0, 0.05) is 0 Å². The largest absolute Gasteiger partial charge is 0.411 e. The number of halogens is 1. The zero-order valence-corrected chi connectivity index (χ0v) is 11.1. The van der Waals surface area contributed by atoms with E-state index in [1.807, 2.05) is 0 Å². The number of hydrogen-bond donors (Lipinski definition) is 2. The lowest BCUT2D eigenvalue weighted by Crippen LogP contribution is -2.03. The molecule has 17 heavy (non-hydrogen) atoms. The Morgan fingerprint density at radius 3 is 1.06 bits per heavy atom. The number of hydrogen-bond acceptors (Lipinski definition) is 4. The molecule has 0 radical (unpaired) electrons. The van der Waals surface area contributed by atoms with Crippen LogP contribution in [0, 0.1) is 0 Å². The number of oxime groups is 2. The van der Waals surface area contributed by atoms with Gasteiger partial charge < -0.3 is 10.4 Å². The van der Waals surface area contributed by atoms with Crippen LogP contribution in [0.5, 0.6) is 0 Å². The smallest absolute Gasteiger partial charge is 0.0570 e. The summed E-state index contributed by atoms with van der Waals surface area (Å²) in [6, 6.07) is 0. The molecule has 2 fully saturated rings. The van der Waals surface area contributed by atoms with Crippen LogP contribution in [0.25, 0.3) is 0 Å². The van der Waals surface area contributed by atoms with Crippen molar-refractivity contribution in [1.29, 1.82) is 0 Å². The quantitative estimate of drug-likeness (QED) is 0.512. The maximum atomic E-state index is 8.28. The fourth-order valence-corrected chi connectivity index (χ4v) is 2.12. The second kappa shape index (κ2) is 10.4. The van der Waals surface area contributed by atoms with Gasteiger partial charge in [0.25, 0.3) is 0 Å². The van der Waals surface area contributed by atoms with Crippen molar-refractivity contribution in [3.05, 3.63) is 0 Å². The molecule has 0 aromatic rings. The summed E-state index contributed by atoms with van der Waals surface area (Å²) in [7, 11) is 0. The van der Waals surface area contributed by atoms with Gasteiger partial charge in [0.15, 0.2) is 0 Å². The van der Waals surface area contributed by atoms with Gasteiger partial charge in [0.1, 0.15) is 0 Å². The van der Waals surface area contributed by atoms with Gasteiger partial charge in [-0.2, -0.15) is 0 Å². The fraction of sp³-hybridized carbons (Fsp3) is 0.833. The van der Waals surface area contributed by atoms with E-state index in [2.05, 4.69) is 10.3 Å². The van der Waals surface area contributed by atoms with Crippen molar-refractivity contribution in [2.75, 3.05) is 0 Å². The molecule has 2 aliphatic carbocycles. The third kappa shape index (κ3) is 7.21. The molecule has 2 aliphatic rings. The lowest BCUT2D eigenvalue weighted by Gasteiger charge is -2.08. The third-order valence-electron chi connectivity index (χ3n) is 3.14. The molecular formula is C12H23ClN2O2. The minimum absolute atomic E-state index is 0. The summed E-state index contributed by atoms with van der Waals surface area (Å²) in [5.74, 6) is 0. The maximum Gasteiger partial charge on any atom is 0.0570 e. The highest BCUT2D eigenvalue weighted by atomic mass is 35.5. The van der Waals surface area contributed by atoms with Crippen molar-refractivity contribution in [3.63, 3.8) is 0 Å². The average molecular weight is 263 g/mol. The minimum atomic E-state index is 0. The van der Waals surface area contributed by atoms with Gasteiger partial charge in [0.2, 0.25) is 0 Å². The van der Waals surface area contributed by atoms with E-state index < -0.39 is 0 Å². The fourth-order valence-electron chi connectivity index (χ4n) is 2.12. The normalized spacial score (nSPS) is 19.5. The van der Waals surface area contributed by atoms with Crippen LogP contribution >= 0.6 is 12.4 Å². The Morgan fingerprint density at radius 1 is 0.588 bits per heavy atom. The van der Waals surface area contributed by atoms with Crippen LogP contribution in [0.4, 0.5) is 0 Å². The van der Waals surface area contributed by atoms with Gasteiger partial charge in [-0.15, -0.1) is 12.4 Å². The summed E-state index contributed by atoms with van der Waals surface area (Å²) < 4.78 is 0. The van der Waals surface area contributed by atoms with Crippen LogP contribution in [0.1, 0.15) is 64.2 Å². The van der Waals surface area contributed by atoms with Crippen LogP contribution < -0.4 is 0 Å². The van der Waals surface area contributed by atoms with Gasteiger partial charge in [-0.05, 0) is 51.4 Å². The molecule has 0 aromatic carbocycles. The maximum absolute atomic E-state index is 8.28. The van der Waals surface area contributed by atoms with Crippen LogP contribution in [-0.4, -0.2) is 21.8 Å². The molecule has 0 atom stereocenters. The topological polar surface area (TPSA) is 65.2 Å². The van der Waals surface area contributed by atoms with Gasteiger partial charge in [0.05, 0.1) is 11.4 Å². The van der Waals surface area contributed by atoms with Gasteiger partial charge in [-0.25, -0.2) is 0 Å². The van der Waals surface area contributed by atoms with Crippen molar-refractivity contribution in [1.82, 2.24) is 0 Å². The molecule has 0 aliphatic heterocycles. The molecular weight excluding hydrogens is 240 g/mol. The van der Waals surface area contributed by atoms with Crippen molar-refractivity contribution in [2.24, 2.45) is 10.3 Å². The van der Waals surface area contributed by atoms with E-state index in [9.17, 15) is 0 Å². The summed E-state index contributed by atoms with van der Waals surface area (Å²) >= 11 is 0. The molecule has 5 heteroatoms. The Bertz CT molecular complexity index is 213. The average Bonchev–Trinajstić information content (AvgIpc) is 2.41. The van der Waals surface area contributed by atoms with Gasteiger partial charge in [-0.3, -0.25) is 0 Å². The summed E-state index contributed by atoms with van der Waals surface area (Å²) in [6.45, 7) is 0. The van der Waals surface area contributed by atoms with E-state index in [-0.39, 0.29) is 12.4 Å². The Labute approximate surface area is 109 Å². The molecule has 0 aromatic heterocycles. The summed E-state index contributed by atoms with van der Waals surface area (Å²) in [5.41, 5.74) is 1.97. The van der Waals surface area contributed by atoms with E-state index >= 15 is 0 Å². The van der Waals surface area contributed by atoms with Gasteiger partial charge >= 0.3 is 0 Å².